The van der Waals surface area contributed by atoms with Crippen LogP contribution in [0.5, 0.6) is 0 Å². The minimum absolute atomic E-state index is 0.666. The summed E-state index contributed by atoms with van der Waals surface area (Å²) in [4.78, 5) is 2.12. The highest BCUT2D eigenvalue weighted by molar-refractivity contribution is 5.59. The zero-order valence-electron chi connectivity index (χ0n) is 11.8. The average molecular weight is 259 g/mol. The third kappa shape index (κ3) is 3.91. The number of hydrogen-bond donors (Lipinski definition) is 0. The second-order valence-electron chi connectivity index (χ2n) is 4.89. The van der Waals surface area contributed by atoms with Crippen molar-refractivity contribution in [2.45, 2.75) is 6.61 Å². The lowest BCUT2D eigenvalue weighted by Crippen LogP contribution is -2.17. The molecule has 0 radical (unpaired) electrons. The van der Waals surface area contributed by atoms with Crippen molar-refractivity contribution in [2.24, 2.45) is 7.05 Å². The zero-order chi connectivity index (χ0) is 13.7. The molecule has 1 aromatic carbocycles. The summed E-state index contributed by atoms with van der Waals surface area (Å²) in [6.07, 6.45) is 1.81. The molecule has 0 aliphatic rings. The Morgan fingerprint density at radius 2 is 1.89 bits per heavy atom. The standard InChI is InChI=1S/C15H21N3O/c1-17(2)10-11-19-12-13-4-6-14(7-5-13)15-8-9-16-18(15)3/h4-9H,10-12H2,1-3H3. The lowest BCUT2D eigenvalue weighted by molar-refractivity contribution is 0.105. The number of aryl methyl sites for hydroxylation is 1. The van der Waals surface area contributed by atoms with E-state index in [0.717, 1.165) is 18.8 Å². The first-order valence-corrected chi connectivity index (χ1v) is 6.46. The second kappa shape index (κ2) is 6.50. The molecule has 0 spiro atoms. The van der Waals surface area contributed by atoms with Crippen molar-refractivity contribution in [1.29, 1.82) is 0 Å². The first kappa shape index (κ1) is 13.8. The summed E-state index contributed by atoms with van der Waals surface area (Å²) in [7, 11) is 6.05. The van der Waals surface area contributed by atoms with Gasteiger partial charge in [-0.05, 0) is 31.3 Å². The topological polar surface area (TPSA) is 30.3 Å². The summed E-state index contributed by atoms with van der Waals surface area (Å²) < 4.78 is 7.50. The van der Waals surface area contributed by atoms with E-state index in [0.29, 0.717) is 6.61 Å². The molecule has 2 rings (SSSR count). The van der Waals surface area contributed by atoms with E-state index in [-0.39, 0.29) is 0 Å². The van der Waals surface area contributed by atoms with Gasteiger partial charge in [0.1, 0.15) is 0 Å². The molecule has 0 bridgehead atoms. The highest BCUT2D eigenvalue weighted by Gasteiger charge is 2.02. The molecule has 0 amide bonds. The van der Waals surface area contributed by atoms with E-state index < -0.39 is 0 Å². The van der Waals surface area contributed by atoms with E-state index in [2.05, 4.69) is 34.3 Å². The van der Waals surface area contributed by atoms with Gasteiger partial charge in [-0.2, -0.15) is 5.10 Å². The molecule has 4 nitrogen and oxygen atoms in total. The van der Waals surface area contributed by atoms with Crippen LogP contribution in [0.4, 0.5) is 0 Å². The molecule has 0 saturated heterocycles. The van der Waals surface area contributed by atoms with Crippen molar-refractivity contribution in [3.63, 3.8) is 0 Å². The fourth-order valence-electron chi connectivity index (χ4n) is 1.87. The lowest BCUT2D eigenvalue weighted by Gasteiger charge is -2.10. The molecule has 4 heteroatoms. The average Bonchev–Trinajstić information content (AvgIpc) is 2.81. The van der Waals surface area contributed by atoms with Crippen LogP contribution in [0.15, 0.2) is 36.5 Å². The van der Waals surface area contributed by atoms with Gasteiger partial charge in [0.15, 0.2) is 0 Å². The van der Waals surface area contributed by atoms with Crippen LogP contribution in [0.2, 0.25) is 0 Å². The number of ether oxygens (including phenoxy) is 1. The molecule has 0 N–H and O–H groups in total. The van der Waals surface area contributed by atoms with Crippen LogP contribution in [0, 0.1) is 0 Å². The Morgan fingerprint density at radius 3 is 2.47 bits per heavy atom. The second-order valence-corrected chi connectivity index (χ2v) is 4.89. The van der Waals surface area contributed by atoms with Crippen molar-refractivity contribution in [3.8, 4) is 11.3 Å². The highest BCUT2D eigenvalue weighted by Crippen LogP contribution is 2.18. The Labute approximate surface area is 114 Å². The third-order valence-electron chi connectivity index (χ3n) is 3.02. The highest BCUT2D eigenvalue weighted by atomic mass is 16.5. The van der Waals surface area contributed by atoms with Gasteiger partial charge in [0, 0.05) is 19.8 Å². The maximum Gasteiger partial charge on any atom is 0.0717 e. The number of rotatable bonds is 6. The van der Waals surface area contributed by atoms with E-state index >= 15 is 0 Å². The Morgan fingerprint density at radius 1 is 1.16 bits per heavy atom. The predicted octanol–water partition coefficient (Wildman–Crippen LogP) is 2.17. The molecule has 0 unspecified atom stereocenters. The van der Waals surface area contributed by atoms with Gasteiger partial charge in [-0.15, -0.1) is 0 Å². The zero-order valence-corrected chi connectivity index (χ0v) is 11.8. The normalized spacial score (nSPS) is 11.2. The summed E-state index contributed by atoms with van der Waals surface area (Å²) in [5, 5.41) is 4.18. The van der Waals surface area contributed by atoms with Gasteiger partial charge in [-0.3, -0.25) is 4.68 Å². The van der Waals surface area contributed by atoms with E-state index in [4.69, 9.17) is 4.74 Å². The van der Waals surface area contributed by atoms with Gasteiger partial charge < -0.3 is 9.64 Å². The van der Waals surface area contributed by atoms with Crippen molar-refractivity contribution in [2.75, 3.05) is 27.2 Å². The summed E-state index contributed by atoms with van der Waals surface area (Å²) in [6.45, 7) is 2.38. The van der Waals surface area contributed by atoms with Crippen LogP contribution in [0.25, 0.3) is 11.3 Å². The van der Waals surface area contributed by atoms with Crippen molar-refractivity contribution >= 4 is 0 Å². The lowest BCUT2D eigenvalue weighted by atomic mass is 10.1. The fraction of sp³-hybridized carbons (Fsp3) is 0.400. The molecule has 1 aromatic heterocycles. The van der Waals surface area contributed by atoms with E-state index in [1.165, 1.54) is 11.1 Å². The Balaban J connectivity index is 1.90. The maximum absolute atomic E-state index is 5.63. The number of likely N-dealkylation sites (N-methyl/N-ethyl adjacent to an activating group) is 1. The van der Waals surface area contributed by atoms with Crippen LogP contribution in [0.3, 0.4) is 0 Å². The first-order valence-electron chi connectivity index (χ1n) is 6.46. The van der Waals surface area contributed by atoms with Gasteiger partial charge in [-0.1, -0.05) is 24.3 Å². The molecule has 19 heavy (non-hydrogen) atoms. The Hall–Kier alpha value is -1.65. The van der Waals surface area contributed by atoms with Gasteiger partial charge in [-0.25, -0.2) is 0 Å². The number of benzene rings is 1. The number of nitrogens with zero attached hydrogens (tertiary/aromatic N) is 3. The van der Waals surface area contributed by atoms with Crippen LogP contribution in [-0.4, -0.2) is 41.9 Å². The Kier molecular flexibility index (Phi) is 4.71. The van der Waals surface area contributed by atoms with Gasteiger partial charge >= 0.3 is 0 Å². The summed E-state index contributed by atoms with van der Waals surface area (Å²) >= 11 is 0. The molecular formula is C15H21N3O. The molecule has 0 fully saturated rings. The molecule has 0 aliphatic heterocycles. The SMILES string of the molecule is CN(C)CCOCc1ccc(-c2ccnn2C)cc1. The largest absolute Gasteiger partial charge is 0.375 e. The molecule has 2 aromatic rings. The van der Waals surface area contributed by atoms with Crippen LogP contribution >= 0.6 is 0 Å². The van der Waals surface area contributed by atoms with Crippen LogP contribution < -0.4 is 0 Å². The van der Waals surface area contributed by atoms with Gasteiger partial charge in [0.05, 0.1) is 18.9 Å². The number of hydrogen-bond acceptors (Lipinski definition) is 3. The van der Waals surface area contributed by atoms with Crippen molar-refractivity contribution in [3.05, 3.63) is 42.1 Å². The third-order valence-corrected chi connectivity index (χ3v) is 3.02. The minimum atomic E-state index is 0.666. The van der Waals surface area contributed by atoms with E-state index in [1.54, 1.807) is 0 Å². The smallest absolute Gasteiger partial charge is 0.0717 e. The monoisotopic (exact) mass is 259 g/mol. The first-order chi connectivity index (χ1) is 9.16. The minimum Gasteiger partial charge on any atom is -0.375 e. The fourth-order valence-corrected chi connectivity index (χ4v) is 1.87. The van der Waals surface area contributed by atoms with E-state index in [1.807, 2.05) is 38.1 Å². The molecule has 0 saturated carbocycles. The van der Waals surface area contributed by atoms with Crippen molar-refractivity contribution in [1.82, 2.24) is 14.7 Å². The Bertz CT molecular complexity index is 502. The molecule has 0 atom stereocenters. The van der Waals surface area contributed by atoms with Crippen LogP contribution in [0.1, 0.15) is 5.56 Å². The van der Waals surface area contributed by atoms with E-state index in [9.17, 15) is 0 Å². The maximum atomic E-state index is 5.63. The summed E-state index contributed by atoms with van der Waals surface area (Å²) in [5.41, 5.74) is 3.50. The molecule has 0 aliphatic carbocycles. The quantitative estimate of drug-likeness (QED) is 0.745. The molecular weight excluding hydrogens is 238 g/mol. The summed E-state index contributed by atoms with van der Waals surface area (Å²) in [6, 6.07) is 10.5. The predicted molar refractivity (Wildman–Crippen MR) is 76.9 cm³/mol. The van der Waals surface area contributed by atoms with Gasteiger partial charge in [0.2, 0.25) is 0 Å². The molecule has 102 valence electrons. The van der Waals surface area contributed by atoms with Gasteiger partial charge in [0.25, 0.3) is 0 Å². The van der Waals surface area contributed by atoms with Crippen molar-refractivity contribution < 1.29 is 4.74 Å². The summed E-state index contributed by atoms with van der Waals surface area (Å²) in [5.74, 6) is 0. The van der Waals surface area contributed by atoms with Crippen LogP contribution in [-0.2, 0) is 18.4 Å². The molecule has 1 heterocycles. The number of aromatic nitrogens is 2.